The topological polar surface area (TPSA) is 58.0 Å². The van der Waals surface area contributed by atoms with Crippen LogP contribution in [0.1, 0.15) is 50.4 Å². The first kappa shape index (κ1) is 13.3. The van der Waals surface area contributed by atoms with Gasteiger partial charge in [0.1, 0.15) is 11.6 Å². The van der Waals surface area contributed by atoms with Crippen LogP contribution < -0.4 is 5.32 Å². The third-order valence-electron chi connectivity index (χ3n) is 3.83. The summed E-state index contributed by atoms with van der Waals surface area (Å²) in [5, 5.41) is 13.2. The Bertz CT molecular complexity index is 400. The second-order valence-corrected chi connectivity index (χ2v) is 5.30. The lowest BCUT2D eigenvalue weighted by molar-refractivity contribution is 0.172. The molecule has 100 valence electrons. The van der Waals surface area contributed by atoms with Gasteiger partial charge in [-0.1, -0.05) is 26.2 Å². The van der Waals surface area contributed by atoms with Gasteiger partial charge < -0.3 is 10.4 Å². The van der Waals surface area contributed by atoms with Gasteiger partial charge in [-0.25, -0.2) is 9.97 Å². The van der Waals surface area contributed by atoms with E-state index in [1.54, 1.807) is 0 Å². The Morgan fingerprint density at radius 2 is 2.06 bits per heavy atom. The third-order valence-corrected chi connectivity index (χ3v) is 3.83. The summed E-state index contributed by atoms with van der Waals surface area (Å²) in [6.07, 6.45) is 8.37. The molecule has 1 aliphatic rings. The first-order valence-corrected chi connectivity index (χ1v) is 6.91. The molecular weight excluding hydrogens is 226 g/mol. The zero-order valence-corrected chi connectivity index (χ0v) is 11.4. The first-order chi connectivity index (χ1) is 8.69. The minimum atomic E-state index is -0.178. The number of anilines is 1. The zero-order chi connectivity index (χ0) is 13.0. The minimum absolute atomic E-state index is 0.178. The van der Waals surface area contributed by atoms with Crippen LogP contribution in [0, 0.1) is 6.92 Å². The van der Waals surface area contributed by atoms with Gasteiger partial charge in [0.2, 0.25) is 0 Å². The van der Waals surface area contributed by atoms with E-state index >= 15 is 0 Å². The number of nitrogens with zero attached hydrogens (tertiary/aromatic N) is 2. The maximum atomic E-state index is 9.71. The molecule has 2 rings (SSSR count). The fourth-order valence-corrected chi connectivity index (χ4v) is 2.58. The van der Waals surface area contributed by atoms with E-state index in [0.717, 1.165) is 36.5 Å². The minimum Gasteiger partial charge on any atom is -0.394 e. The average Bonchev–Trinajstić information content (AvgIpc) is 2.42. The van der Waals surface area contributed by atoms with Gasteiger partial charge in [-0.3, -0.25) is 0 Å². The Balaban J connectivity index is 2.20. The molecule has 1 aromatic rings. The molecule has 4 nitrogen and oxygen atoms in total. The molecule has 0 atom stereocenters. The van der Waals surface area contributed by atoms with Crippen LogP contribution in [0.5, 0.6) is 0 Å². The van der Waals surface area contributed by atoms with Gasteiger partial charge in [-0.2, -0.15) is 0 Å². The monoisotopic (exact) mass is 249 g/mol. The summed E-state index contributed by atoms with van der Waals surface area (Å²) in [7, 11) is 0. The van der Waals surface area contributed by atoms with E-state index < -0.39 is 0 Å². The molecule has 1 saturated carbocycles. The standard InChI is InChI=1S/C14H23N3O/c1-3-12-15-9-11(2)13(16-12)17-14(10-18)7-5-4-6-8-14/h9,18H,3-8,10H2,1-2H3,(H,15,16,17). The van der Waals surface area contributed by atoms with Gasteiger partial charge in [-0.05, 0) is 19.8 Å². The summed E-state index contributed by atoms with van der Waals surface area (Å²) in [5.74, 6) is 1.74. The molecule has 1 heterocycles. The van der Waals surface area contributed by atoms with Gasteiger partial charge >= 0.3 is 0 Å². The van der Waals surface area contributed by atoms with Crippen LogP contribution in [0.2, 0.25) is 0 Å². The van der Waals surface area contributed by atoms with Crippen molar-refractivity contribution in [2.45, 2.75) is 57.9 Å². The maximum Gasteiger partial charge on any atom is 0.133 e. The van der Waals surface area contributed by atoms with Gasteiger partial charge in [0.25, 0.3) is 0 Å². The Morgan fingerprint density at radius 1 is 1.33 bits per heavy atom. The van der Waals surface area contributed by atoms with E-state index in [0.29, 0.717) is 0 Å². The predicted molar refractivity (Wildman–Crippen MR) is 72.7 cm³/mol. The highest BCUT2D eigenvalue weighted by atomic mass is 16.3. The van der Waals surface area contributed by atoms with Gasteiger partial charge in [0, 0.05) is 18.2 Å². The van der Waals surface area contributed by atoms with E-state index in [4.69, 9.17) is 0 Å². The Labute approximate surface area is 109 Å². The first-order valence-electron chi connectivity index (χ1n) is 6.91. The molecule has 4 heteroatoms. The smallest absolute Gasteiger partial charge is 0.133 e. The molecule has 0 radical (unpaired) electrons. The van der Waals surface area contributed by atoms with Crippen molar-refractivity contribution in [1.82, 2.24) is 9.97 Å². The highest BCUT2D eigenvalue weighted by molar-refractivity contribution is 5.44. The number of aromatic nitrogens is 2. The Kier molecular flexibility index (Phi) is 4.17. The summed E-state index contributed by atoms with van der Waals surface area (Å²) >= 11 is 0. The SMILES string of the molecule is CCc1ncc(C)c(NC2(CO)CCCCC2)n1. The van der Waals surface area contributed by atoms with Gasteiger partial charge in [0.15, 0.2) is 0 Å². The van der Waals surface area contributed by atoms with E-state index in [2.05, 4.69) is 22.2 Å². The molecule has 1 aromatic heterocycles. The van der Waals surface area contributed by atoms with E-state index in [1.165, 1.54) is 19.3 Å². The summed E-state index contributed by atoms with van der Waals surface area (Å²) in [5.41, 5.74) is 0.869. The number of hydrogen-bond donors (Lipinski definition) is 2. The quantitative estimate of drug-likeness (QED) is 0.860. The van der Waals surface area contributed by atoms with Crippen LogP contribution >= 0.6 is 0 Å². The van der Waals surface area contributed by atoms with Crippen molar-refractivity contribution in [2.75, 3.05) is 11.9 Å². The average molecular weight is 249 g/mol. The molecule has 2 N–H and O–H groups in total. The van der Waals surface area contributed by atoms with Crippen molar-refractivity contribution in [3.63, 3.8) is 0 Å². The fraction of sp³-hybridized carbons (Fsp3) is 0.714. The summed E-state index contributed by atoms with van der Waals surface area (Å²) in [4.78, 5) is 8.83. The number of hydrogen-bond acceptors (Lipinski definition) is 4. The summed E-state index contributed by atoms with van der Waals surface area (Å²) in [6, 6.07) is 0. The molecule has 0 unspecified atom stereocenters. The number of aryl methyl sites for hydroxylation is 2. The van der Waals surface area contributed by atoms with Crippen LogP contribution in [0.4, 0.5) is 5.82 Å². The Hall–Kier alpha value is -1.16. The molecule has 0 amide bonds. The zero-order valence-electron chi connectivity index (χ0n) is 11.4. The lowest BCUT2D eigenvalue weighted by atomic mass is 9.82. The van der Waals surface area contributed by atoms with Crippen molar-refractivity contribution in [2.24, 2.45) is 0 Å². The van der Waals surface area contributed by atoms with Crippen molar-refractivity contribution < 1.29 is 5.11 Å². The largest absolute Gasteiger partial charge is 0.394 e. The van der Waals surface area contributed by atoms with Crippen LogP contribution in [-0.4, -0.2) is 27.2 Å². The molecule has 1 aliphatic carbocycles. The predicted octanol–water partition coefficient (Wildman–Crippen LogP) is 2.45. The lowest BCUT2D eigenvalue weighted by Crippen LogP contribution is -2.44. The molecule has 0 aliphatic heterocycles. The number of nitrogens with one attached hydrogen (secondary N) is 1. The van der Waals surface area contributed by atoms with Crippen molar-refractivity contribution in [3.05, 3.63) is 17.6 Å². The molecule has 1 fully saturated rings. The van der Waals surface area contributed by atoms with Crippen molar-refractivity contribution in [3.8, 4) is 0 Å². The summed E-state index contributed by atoms with van der Waals surface area (Å²) in [6.45, 7) is 4.24. The normalized spacial score (nSPS) is 18.6. The number of aliphatic hydroxyl groups excluding tert-OH is 1. The molecule has 0 bridgehead atoms. The molecule has 0 spiro atoms. The van der Waals surface area contributed by atoms with Crippen LogP contribution in [0.3, 0.4) is 0 Å². The van der Waals surface area contributed by atoms with E-state index in [-0.39, 0.29) is 12.1 Å². The van der Waals surface area contributed by atoms with E-state index in [9.17, 15) is 5.11 Å². The third kappa shape index (κ3) is 2.80. The van der Waals surface area contributed by atoms with Crippen LogP contribution in [0.15, 0.2) is 6.20 Å². The second kappa shape index (κ2) is 5.65. The number of aliphatic hydroxyl groups is 1. The maximum absolute atomic E-state index is 9.71. The highest BCUT2D eigenvalue weighted by Crippen LogP contribution is 2.31. The van der Waals surface area contributed by atoms with Crippen molar-refractivity contribution in [1.29, 1.82) is 0 Å². The highest BCUT2D eigenvalue weighted by Gasteiger charge is 2.31. The molecule has 0 aromatic carbocycles. The lowest BCUT2D eigenvalue weighted by Gasteiger charge is -2.37. The van der Waals surface area contributed by atoms with Gasteiger partial charge in [-0.15, -0.1) is 0 Å². The van der Waals surface area contributed by atoms with Crippen LogP contribution in [-0.2, 0) is 6.42 Å². The second-order valence-electron chi connectivity index (χ2n) is 5.30. The van der Waals surface area contributed by atoms with E-state index in [1.807, 2.05) is 13.1 Å². The van der Waals surface area contributed by atoms with Crippen molar-refractivity contribution >= 4 is 5.82 Å². The molecule has 18 heavy (non-hydrogen) atoms. The fourth-order valence-electron chi connectivity index (χ4n) is 2.58. The number of rotatable bonds is 4. The molecule has 0 saturated heterocycles. The Morgan fingerprint density at radius 3 is 2.67 bits per heavy atom. The van der Waals surface area contributed by atoms with Crippen LogP contribution in [0.25, 0.3) is 0 Å². The summed E-state index contributed by atoms with van der Waals surface area (Å²) < 4.78 is 0. The van der Waals surface area contributed by atoms with Gasteiger partial charge in [0.05, 0.1) is 12.1 Å². The molecular formula is C14H23N3O.